The van der Waals surface area contributed by atoms with Crippen LogP contribution in [0.3, 0.4) is 0 Å². The van der Waals surface area contributed by atoms with Crippen LogP contribution >= 0.6 is 0 Å². The molecule has 1 saturated heterocycles. The zero-order valence-electron chi connectivity index (χ0n) is 17.4. The van der Waals surface area contributed by atoms with Gasteiger partial charge in [0.15, 0.2) is 0 Å². The maximum absolute atomic E-state index is 13.2. The maximum Gasteiger partial charge on any atom is 0.416 e. The lowest BCUT2D eigenvalue weighted by Gasteiger charge is -2.23. The number of aromatic nitrogens is 2. The van der Waals surface area contributed by atoms with Crippen molar-refractivity contribution < 1.29 is 18.0 Å². The van der Waals surface area contributed by atoms with Gasteiger partial charge < -0.3 is 15.5 Å². The highest BCUT2D eigenvalue weighted by atomic mass is 19.4. The summed E-state index contributed by atoms with van der Waals surface area (Å²) in [6, 6.07) is 14.5. The Kier molecular flexibility index (Phi) is 6.34. The normalized spacial score (nSPS) is 13.9. The summed E-state index contributed by atoms with van der Waals surface area (Å²) in [7, 11) is 0. The number of rotatable bonds is 6. The number of halogens is 3. The van der Waals surface area contributed by atoms with Gasteiger partial charge in [0.2, 0.25) is 0 Å². The van der Waals surface area contributed by atoms with Crippen LogP contribution in [0.1, 0.15) is 24.1 Å². The van der Waals surface area contributed by atoms with Crippen LogP contribution < -0.4 is 15.5 Å². The molecule has 168 valence electrons. The van der Waals surface area contributed by atoms with Crippen molar-refractivity contribution in [3.63, 3.8) is 0 Å². The summed E-state index contributed by atoms with van der Waals surface area (Å²) in [6.45, 7) is 1.81. The van der Waals surface area contributed by atoms with E-state index in [4.69, 9.17) is 0 Å². The van der Waals surface area contributed by atoms with E-state index in [1.165, 1.54) is 6.07 Å². The summed E-state index contributed by atoms with van der Waals surface area (Å²) in [5.74, 6) is 0. The molecule has 4 rings (SSSR count). The van der Waals surface area contributed by atoms with E-state index in [0.29, 0.717) is 18.7 Å². The quantitative estimate of drug-likeness (QED) is 0.572. The number of para-hydroxylation sites is 1. The molecule has 2 N–H and O–H groups in total. The molecule has 0 saturated carbocycles. The fourth-order valence-corrected chi connectivity index (χ4v) is 3.74. The van der Waals surface area contributed by atoms with E-state index in [1.54, 1.807) is 4.68 Å². The van der Waals surface area contributed by atoms with Gasteiger partial charge in [0.1, 0.15) is 0 Å². The van der Waals surface area contributed by atoms with Gasteiger partial charge in [0.25, 0.3) is 0 Å². The summed E-state index contributed by atoms with van der Waals surface area (Å²) in [5.41, 5.74) is 1.71. The number of carbonyl (C=O) groups excluding carboxylic acids is 1. The van der Waals surface area contributed by atoms with E-state index >= 15 is 0 Å². The third-order valence-corrected chi connectivity index (χ3v) is 5.35. The summed E-state index contributed by atoms with van der Waals surface area (Å²) >= 11 is 0. The first-order chi connectivity index (χ1) is 15.4. The number of urea groups is 1. The molecule has 0 bridgehead atoms. The van der Waals surface area contributed by atoms with E-state index in [1.807, 2.05) is 47.5 Å². The Bertz CT molecular complexity index is 1060. The zero-order valence-corrected chi connectivity index (χ0v) is 17.4. The van der Waals surface area contributed by atoms with Gasteiger partial charge in [0.05, 0.1) is 28.3 Å². The lowest BCUT2D eigenvalue weighted by atomic mass is 10.1. The average molecular weight is 443 g/mol. The molecular weight excluding hydrogens is 419 g/mol. The molecule has 1 aliphatic rings. The standard InChI is InChI=1S/C23H24F3N5O/c24-23(25,26)17-8-9-21(30-13-4-5-14-30)20(16-17)28-22(32)27-12-10-18-11-15-31(29-18)19-6-2-1-3-7-19/h1-3,6-9,11,15-16H,4-5,10,12-14H2,(H2,27,28,32). The summed E-state index contributed by atoms with van der Waals surface area (Å²) in [6.07, 6.45) is -0.191. The lowest BCUT2D eigenvalue weighted by Crippen LogP contribution is -2.31. The van der Waals surface area contributed by atoms with Crippen LogP contribution in [0.15, 0.2) is 60.8 Å². The molecule has 1 aliphatic heterocycles. The van der Waals surface area contributed by atoms with Gasteiger partial charge in [-0.15, -0.1) is 0 Å². The minimum Gasteiger partial charge on any atom is -0.370 e. The Labute approximate surface area is 184 Å². The molecule has 0 spiro atoms. The van der Waals surface area contributed by atoms with Crippen LogP contribution in [0, 0.1) is 0 Å². The Morgan fingerprint density at radius 3 is 2.50 bits per heavy atom. The van der Waals surface area contributed by atoms with Gasteiger partial charge >= 0.3 is 12.2 Å². The number of amides is 2. The molecular formula is C23H24F3N5O. The summed E-state index contributed by atoms with van der Waals surface area (Å²) in [5, 5.41) is 9.79. The highest BCUT2D eigenvalue weighted by Gasteiger charge is 2.32. The number of benzene rings is 2. The maximum atomic E-state index is 13.2. The van der Waals surface area contributed by atoms with Crippen molar-refractivity contribution in [2.45, 2.75) is 25.4 Å². The highest BCUT2D eigenvalue weighted by molar-refractivity contribution is 5.93. The minimum atomic E-state index is -4.48. The van der Waals surface area contributed by atoms with Crippen LogP contribution in [-0.4, -0.2) is 35.4 Å². The van der Waals surface area contributed by atoms with Crippen molar-refractivity contribution >= 4 is 17.4 Å². The van der Waals surface area contributed by atoms with Crippen LogP contribution in [0.5, 0.6) is 0 Å². The molecule has 32 heavy (non-hydrogen) atoms. The second-order valence-electron chi connectivity index (χ2n) is 7.64. The Hall–Kier alpha value is -3.49. The van der Waals surface area contributed by atoms with Gasteiger partial charge in [0, 0.05) is 32.3 Å². The topological polar surface area (TPSA) is 62.2 Å². The van der Waals surface area contributed by atoms with Gasteiger partial charge in [-0.25, -0.2) is 9.48 Å². The SMILES string of the molecule is O=C(NCCc1ccn(-c2ccccc2)n1)Nc1cc(C(F)(F)F)ccc1N1CCCC1. The Morgan fingerprint density at radius 2 is 1.78 bits per heavy atom. The van der Waals surface area contributed by atoms with E-state index < -0.39 is 17.8 Å². The molecule has 6 nitrogen and oxygen atoms in total. The molecule has 0 unspecified atom stereocenters. The molecule has 9 heteroatoms. The molecule has 3 aromatic rings. The predicted octanol–water partition coefficient (Wildman–Crippen LogP) is 4.86. The van der Waals surface area contributed by atoms with Gasteiger partial charge in [-0.3, -0.25) is 0 Å². The van der Waals surface area contributed by atoms with Crippen molar-refractivity contribution in [3.8, 4) is 5.69 Å². The number of anilines is 2. The smallest absolute Gasteiger partial charge is 0.370 e. The van der Waals surface area contributed by atoms with E-state index in [9.17, 15) is 18.0 Å². The third kappa shape index (κ3) is 5.22. The number of nitrogens with zero attached hydrogens (tertiary/aromatic N) is 3. The number of hydrogen-bond acceptors (Lipinski definition) is 3. The number of alkyl halides is 3. The molecule has 2 amide bonds. The van der Waals surface area contributed by atoms with Crippen molar-refractivity contribution in [1.82, 2.24) is 15.1 Å². The van der Waals surface area contributed by atoms with E-state index in [-0.39, 0.29) is 5.69 Å². The molecule has 1 fully saturated rings. The highest BCUT2D eigenvalue weighted by Crippen LogP contribution is 2.36. The van der Waals surface area contributed by atoms with Crippen molar-refractivity contribution in [2.24, 2.45) is 0 Å². The van der Waals surface area contributed by atoms with Crippen molar-refractivity contribution in [1.29, 1.82) is 0 Å². The lowest BCUT2D eigenvalue weighted by molar-refractivity contribution is -0.137. The van der Waals surface area contributed by atoms with Gasteiger partial charge in [-0.1, -0.05) is 18.2 Å². The molecule has 0 aliphatic carbocycles. The van der Waals surface area contributed by atoms with Gasteiger partial charge in [-0.2, -0.15) is 18.3 Å². The molecule has 1 aromatic heterocycles. The Balaban J connectivity index is 1.38. The van der Waals surface area contributed by atoms with E-state index in [2.05, 4.69) is 15.7 Å². The molecule has 0 atom stereocenters. The average Bonchev–Trinajstić information content (AvgIpc) is 3.46. The minimum absolute atomic E-state index is 0.160. The first-order valence-corrected chi connectivity index (χ1v) is 10.5. The van der Waals surface area contributed by atoms with Crippen molar-refractivity contribution in [2.75, 3.05) is 29.9 Å². The monoisotopic (exact) mass is 443 g/mol. The fourth-order valence-electron chi connectivity index (χ4n) is 3.74. The first kappa shape index (κ1) is 21.7. The Morgan fingerprint density at radius 1 is 1.03 bits per heavy atom. The summed E-state index contributed by atoms with van der Waals surface area (Å²) < 4.78 is 41.3. The first-order valence-electron chi connectivity index (χ1n) is 10.5. The largest absolute Gasteiger partial charge is 0.416 e. The second kappa shape index (κ2) is 9.33. The molecule has 2 aromatic carbocycles. The van der Waals surface area contributed by atoms with Crippen LogP contribution in [0.25, 0.3) is 5.69 Å². The molecule has 0 radical (unpaired) electrons. The van der Waals surface area contributed by atoms with Crippen molar-refractivity contribution in [3.05, 3.63) is 72.1 Å². The molecule has 2 heterocycles. The summed E-state index contributed by atoms with van der Waals surface area (Å²) in [4.78, 5) is 14.4. The predicted molar refractivity (Wildman–Crippen MR) is 117 cm³/mol. The van der Waals surface area contributed by atoms with E-state index in [0.717, 1.165) is 49.4 Å². The van der Waals surface area contributed by atoms with Crippen LogP contribution in [0.4, 0.5) is 29.3 Å². The zero-order chi connectivity index (χ0) is 22.6. The van der Waals surface area contributed by atoms with Crippen LogP contribution in [-0.2, 0) is 12.6 Å². The fraction of sp³-hybridized carbons (Fsp3) is 0.304. The number of carbonyl (C=O) groups is 1. The second-order valence-corrected chi connectivity index (χ2v) is 7.64. The number of hydrogen-bond donors (Lipinski definition) is 2. The third-order valence-electron chi connectivity index (χ3n) is 5.35. The number of nitrogens with one attached hydrogen (secondary N) is 2. The van der Waals surface area contributed by atoms with Crippen LogP contribution in [0.2, 0.25) is 0 Å². The van der Waals surface area contributed by atoms with Gasteiger partial charge in [-0.05, 0) is 49.2 Å².